The molecule has 0 aliphatic carbocycles. The van der Waals surface area contributed by atoms with Crippen molar-refractivity contribution in [3.8, 4) is 0 Å². The summed E-state index contributed by atoms with van der Waals surface area (Å²) in [5, 5.41) is 0. The molecule has 0 aromatic heterocycles. The first-order valence-corrected chi connectivity index (χ1v) is 6.43. The zero-order chi connectivity index (χ0) is 13.0. The standard InChI is InChI=1S/C14H19FN2O/c15-12-6-3-11(4-7-12)5-8-14(18)17-9-1-2-13(16)10-17/h3-4,6-7,13H,1-2,5,8-10,16H2. The Morgan fingerprint density at radius 1 is 1.39 bits per heavy atom. The normalized spacial score (nSPS) is 19.9. The van der Waals surface area contributed by atoms with Gasteiger partial charge in [0.15, 0.2) is 0 Å². The lowest BCUT2D eigenvalue weighted by molar-refractivity contribution is -0.132. The highest BCUT2D eigenvalue weighted by Crippen LogP contribution is 2.11. The van der Waals surface area contributed by atoms with Crippen molar-refractivity contribution in [1.29, 1.82) is 0 Å². The zero-order valence-electron chi connectivity index (χ0n) is 10.4. The van der Waals surface area contributed by atoms with Gasteiger partial charge >= 0.3 is 0 Å². The van der Waals surface area contributed by atoms with Crippen molar-refractivity contribution < 1.29 is 9.18 Å². The fraction of sp³-hybridized carbons (Fsp3) is 0.500. The van der Waals surface area contributed by atoms with E-state index in [-0.39, 0.29) is 17.8 Å². The molecule has 1 aliphatic heterocycles. The van der Waals surface area contributed by atoms with E-state index in [2.05, 4.69) is 0 Å². The molecule has 4 heteroatoms. The predicted octanol–water partition coefficient (Wildman–Crippen LogP) is 1.71. The van der Waals surface area contributed by atoms with Crippen molar-refractivity contribution >= 4 is 5.91 Å². The fourth-order valence-electron chi connectivity index (χ4n) is 2.30. The van der Waals surface area contributed by atoms with Gasteiger partial charge in [-0.1, -0.05) is 12.1 Å². The van der Waals surface area contributed by atoms with Crippen LogP contribution in [0.3, 0.4) is 0 Å². The molecule has 1 aromatic rings. The molecule has 1 heterocycles. The summed E-state index contributed by atoms with van der Waals surface area (Å²) in [5.74, 6) is -0.0958. The Hall–Kier alpha value is -1.42. The van der Waals surface area contributed by atoms with Gasteiger partial charge in [-0.15, -0.1) is 0 Å². The minimum absolute atomic E-state index is 0.119. The van der Waals surface area contributed by atoms with Gasteiger partial charge in [-0.05, 0) is 37.0 Å². The number of carbonyl (C=O) groups is 1. The van der Waals surface area contributed by atoms with Crippen LogP contribution in [-0.4, -0.2) is 29.9 Å². The minimum Gasteiger partial charge on any atom is -0.341 e. The van der Waals surface area contributed by atoms with Crippen LogP contribution >= 0.6 is 0 Å². The molecular weight excluding hydrogens is 231 g/mol. The van der Waals surface area contributed by atoms with Crippen molar-refractivity contribution in [2.24, 2.45) is 5.73 Å². The molecule has 1 aliphatic rings. The highest BCUT2D eigenvalue weighted by molar-refractivity contribution is 5.76. The average molecular weight is 250 g/mol. The number of halogens is 1. The first-order valence-electron chi connectivity index (χ1n) is 6.43. The molecule has 1 fully saturated rings. The Bertz CT molecular complexity index is 405. The molecule has 0 saturated carbocycles. The van der Waals surface area contributed by atoms with Gasteiger partial charge in [0.2, 0.25) is 5.91 Å². The molecule has 1 saturated heterocycles. The third kappa shape index (κ3) is 3.53. The number of hydrogen-bond acceptors (Lipinski definition) is 2. The summed E-state index contributed by atoms with van der Waals surface area (Å²) >= 11 is 0. The summed E-state index contributed by atoms with van der Waals surface area (Å²) in [6.07, 6.45) is 3.12. The van der Waals surface area contributed by atoms with Gasteiger partial charge < -0.3 is 10.6 Å². The Kier molecular flexibility index (Phi) is 4.31. The molecule has 2 rings (SSSR count). The van der Waals surface area contributed by atoms with E-state index in [1.54, 1.807) is 12.1 Å². The average Bonchev–Trinajstić information content (AvgIpc) is 2.38. The maximum absolute atomic E-state index is 12.7. The molecule has 1 aromatic carbocycles. The Balaban J connectivity index is 1.82. The van der Waals surface area contributed by atoms with Crippen molar-refractivity contribution in [2.75, 3.05) is 13.1 Å². The van der Waals surface area contributed by atoms with Crippen LogP contribution in [0, 0.1) is 5.82 Å². The number of rotatable bonds is 3. The molecule has 0 spiro atoms. The quantitative estimate of drug-likeness (QED) is 0.887. The smallest absolute Gasteiger partial charge is 0.222 e. The van der Waals surface area contributed by atoms with Crippen molar-refractivity contribution in [3.05, 3.63) is 35.6 Å². The van der Waals surface area contributed by atoms with E-state index in [4.69, 9.17) is 5.73 Å². The van der Waals surface area contributed by atoms with Crippen LogP contribution in [0.2, 0.25) is 0 Å². The molecule has 1 unspecified atom stereocenters. The number of benzene rings is 1. The van der Waals surface area contributed by atoms with Crippen LogP contribution in [0.1, 0.15) is 24.8 Å². The Morgan fingerprint density at radius 3 is 2.78 bits per heavy atom. The second kappa shape index (κ2) is 5.96. The summed E-state index contributed by atoms with van der Waals surface area (Å²) in [6, 6.07) is 6.43. The largest absolute Gasteiger partial charge is 0.341 e. The van der Waals surface area contributed by atoms with Gasteiger partial charge in [0.25, 0.3) is 0 Å². The number of nitrogens with zero attached hydrogens (tertiary/aromatic N) is 1. The van der Waals surface area contributed by atoms with E-state index in [0.29, 0.717) is 19.4 Å². The number of piperidine rings is 1. The SMILES string of the molecule is NC1CCCN(C(=O)CCc2ccc(F)cc2)C1. The highest BCUT2D eigenvalue weighted by Gasteiger charge is 2.20. The van der Waals surface area contributed by atoms with Crippen LogP contribution in [0.5, 0.6) is 0 Å². The number of carbonyl (C=O) groups excluding carboxylic acids is 1. The van der Waals surface area contributed by atoms with Gasteiger partial charge in [0.1, 0.15) is 5.82 Å². The number of nitrogens with two attached hydrogens (primary N) is 1. The summed E-state index contributed by atoms with van der Waals surface area (Å²) in [5.41, 5.74) is 6.84. The predicted molar refractivity (Wildman–Crippen MR) is 68.5 cm³/mol. The molecular formula is C14H19FN2O. The van der Waals surface area contributed by atoms with E-state index in [0.717, 1.165) is 24.9 Å². The van der Waals surface area contributed by atoms with Crippen LogP contribution in [0.25, 0.3) is 0 Å². The van der Waals surface area contributed by atoms with Crippen molar-refractivity contribution in [2.45, 2.75) is 31.7 Å². The lowest BCUT2D eigenvalue weighted by atomic mass is 10.0. The maximum Gasteiger partial charge on any atom is 0.222 e. The zero-order valence-corrected chi connectivity index (χ0v) is 10.4. The topological polar surface area (TPSA) is 46.3 Å². The van der Waals surface area contributed by atoms with E-state index in [9.17, 15) is 9.18 Å². The van der Waals surface area contributed by atoms with Crippen LogP contribution < -0.4 is 5.73 Å². The summed E-state index contributed by atoms with van der Waals surface area (Å²) in [4.78, 5) is 13.8. The monoisotopic (exact) mass is 250 g/mol. The van der Waals surface area contributed by atoms with Crippen LogP contribution in [-0.2, 0) is 11.2 Å². The van der Waals surface area contributed by atoms with E-state index in [1.165, 1.54) is 12.1 Å². The number of amides is 1. The maximum atomic E-state index is 12.7. The third-order valence-corrected chi connectivity index (χ3v) is 3.35. The molecule has 1 atom stereocenters. The van der Waals surface area contributed by atoms with Crippen molar-refractivity contribution in [1.82, 2.24) is 4.90 Å². The fourth-order valence-corrected chi connectivity index (χ4v) is 2.30. The molecule has 98 valence electrons. The van der Waals surface area contributed by atoms with Crippen LogP contribution in [0.15, 0.2) is 24.3 Å². The van der Waals surface area contributed by atoms with E-state index < -0.39 is 0 Å². The van der Waals surface area contributed by atoms with Crippen molar-refractivity contribution in [3.63, 3.8) is 0 Å². The van der Waals surface area contributed by atoms with E-state index >= 15 is 0 Å². The first-order chi connectivity index (χ1) is 8.65. The molecule has 2 N–H and O–H groups in total. The highest BCUT2D eigenvalue weighted by atomic mass is 19.1. The third-order valence-electron chi connectivity index (χ3n) is 3.35. The second-order valence-corrected chi connectivity index (χ2v) is 4.87. The molecule has 1 amide bonds. The van der Waals surface area contributed by atoms with Gasteiger partial charge in [0.05, 0.1) is 0 Å². The van der Waals surface area contributed by atoms with Gasteiger partial charge in [-0.2, -0.15) is 0 Å². The van der Waals surface area contributed by atoms with Gasteiger partial charge in [0, 0.05) is 25.6 Å². The first kappa shape index (κ1) is 13.0. The van der Waals surface area contributed by atoms with Gasteiger partial charge in [-0.25, -0.2) is 4.39 Å². The summed E-state index contributed by atoms with van der Waals surface area (Å²) in [7, 11) is 0. The molecule has 3 nitrogen and oxygen atoms in total. The lowest BCUT2D eigenvalue weighted by Crippen LogP contribution is -2.45. The van der Waals surface area contributed by atoms with Crippen LogP contribution in [0.4, 0.5) is 4.39 Å². The number of aryl methyl sites for hydroxylation is 1. The van der Waals surface area contributed by atoms with E-state index in [1.807, 2.05) is 4.90 Å². The molecule has 0 radical (unpaired) electrons. The second-order valence-electron chi connectivity index (χ2n) is 4.87. The summed E-state index contributed by atoms with van der Waals surface area (Å²) < 4.78 is 12.7. The summed E-state index contributed by atoms with van der Waals surface area (Å²) in [6.45, 7) is 1.48. The lowest BCUT2D eigenvalue weighted by Gasteiger charge is -2.30. The molecule has 18 heavy (non-hydrogen) atoms. The number of hydrogen-bond donors (Lipinski definition) is 1. The minimum atomic E-state index is -0.243. The Morgan fingerprint density at radius 2 is 2.11 bits per heavy atom. The Labute approximate surface area is 107 Å². The number of likely N-dealkylation sites (tertiary alicyclic amines) is 1. The van der Waals surface area contributed by atoms with Gasteiger partial charge in [-0.3, -0.25) is 4.79 Å². The molecule has 0 bridgehead atoms.